The molecule has 1 aliphatic heterocycles. The average Bonchev–Trinajstić information content (AvgIpc) is 2.91. The van der Waals surface area contributed by atoms with Crippen LogP contribution in [0.25, 0.3) is 0 Å². The molecule has 1 saturated carbocycles. The molecule has 0 aromatic rings. The Morgan fingerprint density at radius 3 is 2.56 bits per heavy atom. The summed E-state index contributed by atoms with van der Waals surface area (Å²) in [5.41, 5.74) is 0. The molecule has 3 heteroatoms. The molecule has 2 unspecified atom stereocenters. The van der Waals surface area contributed by atoms with E-state index in [-0.39, 0.29) is 6.04 Å². The first kappa shape index (κ1) is 13.9. The maximum Gasteiger partial charge on any atom is 0.241 e. The van der Waals surface area contributed by atoms with Gasteiger partial charge in [0.25, 0.3) is 0 Å². The van der Waals surface area contributed by atoms with Crippen molar-refractivity contribution >= 4 is 5.91 Å². The van der Waals surface area contributed by atoms with Crippen molar-refractivity contribution in [1.29, 1.82) is 0 Å². The Morgan fingerprint density at radius 1 is 1.33 bits per heavy atom. The summed E-state index contributed by atoms with van der Waals surface area (Å²) in [6.07, 6.45) is 7.62. The molecular formula is C15H28N2O. The zero-order valence-corrected chi connectivity index (χ0v) is 12.1. The summed E-state index contributed by atoms with van der Waals surface area (Å²) in [4.78, 5) is 14.6. The Labute approximate surface area is 111 Å². The number of nitrogens with one attached hydrogen (secondary N) is 1. The van der Waals surface area contributed by atoms with Crippen LogP contribution >= 0.6 is 0 Å². The lowest BCUT2D eigenvalue weighted by Gasteiger charge is -2.28. The topological polar surface area (TPSA) is 32.3 Å². The van der Waals surface area contributed by atoms with Crippen LogP contribution in [0.4, 0.5) is 0 Å². The molecule has 1 aliphatic carbocycles. The molecule has 1 saturated heterocycles. The highest BCUT2D eigenvalue weighted by molar-refractivity contribution is 5.84. The molecule has 104 valence electrons. The first-order valence-electron chi connectivity index (χ1n) is 7.70. The fourth-order valence-corrected chi connectivity index (χ4v) is 3.50. The van der Waals surface area contributed by atoms with E-state index in [1.54, 1.807) is 0 Å². The third-order valence-electron chi connectivity index (χ3n) is 4.31. The zero-order chi connectivity index (χ0) is 13.1. The second-order valence-electron chi connectivity index (χ2n) is 6.37. The average molecular weight is 252 g/mol. The molecule has 18 heavy (non-hydrogen) atoms. The van der Waals surface area contributed by atoms with Crippen molar-refractivity contribution in [3.05, 3.63) is 0 Å². The first-order valence-corrected chi connectivity index (χ1v) is 7.70. The Kier molecular flexibility index (Phi) is 4.66. The van der Waals surface area contributed by atoms with Crippen LogP contribution in [0.2, 0.25) is 0 Å². The van der Waals surface area contributed by atoms with Crippen LogP contribution in [-0.4, -0.2) is 29.6 Å². The Bertz CT molecular complexity index is 284. The second-order valence-corrected chi connectivity index (χ2v) is 6.37. The molecule has 1 heterocycles. The van der Waals surface area contributed by atoms with Crippen LogP contribution in [-0.2, 0) is 4.79 Å². The van der Waals surface area contributed by atoms with Crippen molar-refractivity contribution in [1.82, 2.24) is 10.2 Å². The maximum absolute atomic E-state index is 12.5. The highest BCUT2D eigenvalue weighted by Crippen LogP contribution is 2.32. The van der Waals surface area contributed by atoms with Gasteiger partial charge in [-0.25, -0.2) is 0 Å². The van der Waals surface area contributed by atoms with Gasteiger partial charge in [-0.05, 0) is 37.5 Å². The quantitative estimate of drug-likeness (QED) is 0.816. The smallest absolute Gasteiger partial charge is 0.241 e. The van der Waals surface area contributed by atoms with Gasteiger partial charge in [0, 0.05) is 6.54 Å². The standard InChI is InChI=1S/C15H28N2O/c1-4-9-17-14(12-7-5-6-8-12)16-13(15(17)18)10-11(2)3/h11-14,16H,4-10H2,1-3H3. The second kappa shape index (κ2) is 6.05. The lowest BCUT2D eigenvalue weighted by atomic mass is 10.0. The van der Waals surface area contributed by atoms with Gasteiger partial charge in [-0.1, -0.05) is 33.6 Å². The van der Waals surface area contributed by atoms with E-state index in [9.17, 15) is 4.79 Å². The molecule has 2 fully saturated rings. The predicted octanol–water partition coefficient (Wildman–Crippen LogP) is 2.76. The number of rotatable bonds is 5. The van der Waals surface area contributed by atoms with Gasteiger partial charge in [-0.2, -0.15) is 0 Å². The highest BCUT2D eigenvalue weighted by Gasteiger charge is 2.42. The van der Waals surface area contributed by atoms with E-state index in [4.69, 9.17) is 0 Å². The minimum atomic E-state index is 0.0714. The number of amides is 1. The Morgan fingerprint density at radius 2 is 2.00 bits per heavy atom. The van der Waals surface area contributed by atoms with Gasteiger partial charge in [-0.15, -0.1) is 0 Å². The van der Waals surface area contributed by atoms with Crippen LogP contribution in [0.5, 0.6) is 0 Å². The molecule has 1 amide bonds. The normalized spacial score (nSPS) is 29.8. The lowest BCUT2D eigenvalue weighted by Crippen LogP contribution is -2.43. The van der Waals surface area contributed by atoms with Crippen molar-refractivity contribution in [2.45, 2.75) is 71.5 Å². The van der Waals surface area contributed by atoms with Gasteiger partial charge in [-0.3, -0.25) is 10.1 Å². The van der Waals surface area contributed by atoms with Gasteiger partial charge in [0.05, 0.1) is 12.2 Å². The number of hydrogen-bond acceptors (Lipinski definition) is 2. The summed E-state index contributed by atoms with van der Waals surface area (Å²) in [7, 11) is 0. The number of carbonyl (C=O) groups excluding carboxylic acids is 1. The minimum Gasteiger partial charge on any atom is -0.326 e. The highest BCUT2D eigenvalue weighted by atomic mass is 16.2. The molecule has 0 radical (unpaired) electrons. The molecule has 3 nitrogen and oxygen atoms in total. The SMILES string of the molecule is CCCN1C(=O)C(CC(C)C)NC1C1CCCC1. The van der Waals surface area contributed by atoms with E-state index >= 15 is 0 Å². The maximum atomic E-state index is 12.5. The van der Waals surface area contributed by atoms with Crippen molar-refractivity contribution in [3.8, 4) is 0 Å². The third kappa shape index (κ3) is 2.87. The van der Waals surface area contributed by atoms with E-state index in [0.29, 0.717) is 23.9 Å². The van der Waals surface area contributed by atoms with E-state index in [1.807, 2.05) is 0 Å². The molecule has 0 bridgehead atoms. The predicted molar refractivity (Wildman–Crippen MR) is 74.1 cm³/mol. The summed E-state index contributed by atoms with van der Waals surface area (Å²) in [6, 6.07) is 0.0714. The van der Waals surface area contributed by atoms with Crippen LogP contribution < -0.4 is 5.32 Å². The molecule has 0 spiro atoms. The van der Waals surface area contributed by atoms with Crippen molar-refractivity contribution < 1.29 is 4.79 Å². The number of carbonyl (C=O) groups is 1. The molecule has 2 aliphatic rings. The van der Waals surface area contributed by atoms with Crippen molar-refractivity contribution in [2.24, 2.45) is 11.8 Å². The Hall–Kier alpha value is -0.570. The third-order valence-corrected chi connectivity index (χ3v) is 4.31. The van der Waals surface area contributed by atoms with E-state index in [0.717, 1.165) is 19.4 Å². The first-order chi connectivity index (χ1) is 8.63. The van der Waals surface area contributed by atoms with Crippen molar-refractivity contribution in [3.63, 3.8) is 0 Å². The van der Waals surface area contributed by atoms with E-state index < -0.39 is 0 Å². The molecule has 0 aromatic heterocycles. The van der Waals surface area contributed by atoms with Gasteiger partial charge in [0.15, 0.2) is 0 Å². The molecule has 2 atom stereocenters. The molecule has 1 N–H and O–H groups in total. The molecule has 0 aromatic carbocycles. The number of nitrogens with zero attached hydrogens (tertiary/aromatic N) is 1. The van der Waals surface area contributed by atoms with Crippen LogP contribution in [0.1, 0.15) is 59.3 Å². The molecular weight excluding hydrogens is 224 g/mol. The Balaban J connectivity index is 2.04. The van der Waals surface area contributed by atoms with Gasteiger partial charge in [0.2, 0.25) is 5.91 Å². The number of hydrogen-bond donors (Lipinski definition) is 1. The molecule has 2 rings (SSSR count). The monoisotopic (exact) mass is 252 g/mol. The summed E-state index contributed by atoms with van der Waals surface area (Å²) in [5.74, 6) is 1.62. The van der Waals surface area contributed by atoms with Gasteiger partial charge < -0.3 is 4.90 Å². The minimum absolute atomic E-state index is 0.0714. The van der Waals surface area contributed by atoms with Crippen LogP contribution in [0.15, 0.2) is 0 Å². The van der Waals surface area contributed by atoms with Crippen LogP contribution in [0.3, 0.4) is 0 Å². The van der Waals surface area contributed by atoms with Crippen LogP contribution in [0, 0.1) is 11.8 Å². The van der Waals surface area contributed by atoms with Gasteiger partial charge >= 0.3 is 0 Å². The van der Waals surface area contributed by atoms with Crippen molar-refractivity contribution in [2.75, 3.05) is 6.54 Å². The largest absolute Gasteiger partial charge is 0.326 e. The fourth-order valence-electron chi connectivity index (χ4n) is 3.50. The zero-order valence-electron chi connectivity index (χ0n) is 12.1. The summed E-state index contributed by atoms with van der Waals surface area (Å²) in [5, 5.41) is 3.63. The van der Waals surface area contributed by atoms with E-state index in [1.165, 1.54) is 25.7 Å². The van der Waals surface area contributed by atoms with Gasteiger partial charge in [0.1, 0.15) is 0 Å². The lowest BCUT2D eigenvalue weighted by molar-refractivity contribution is -0.130. The fraction of sp³-hybridized carbons (Fsp3) is 0.933. The summed E-state index contributed by atoms with van der Waals surface area (Å²) >= 11 is 0. The summed E-state index contributed by atoms with van der Waals surface area (Å²) in [6.45, 7) is 7.47. The van der Waals surface area contributed by atoms with E-state index in [2.05, 4.69) is 31.0 Å². The summed E-state index contributed by atoms with van der Waals surface area (Å²) < 4.78 is 0.